The van der Waals surface area contributed by atoms with Crippen molar-refractivity contribution < 1.29 is 39.9 Å². The van der Waals surface area contributed by atoms with E-state index in [0.717, 1.165) is 5.56 Å². The molecule has 0 spiro atoms. The van der Waals surface area contributed by atoms with Crippen LogP contribution in [-0.4, -0.2) is 5.48 Å². The molecule has 0 saturated heterocycles. The van der Waals surface area contributed by atoms with Gasteiger partial charge in [-0.05, 0) is 5.56 Å². The molecule has 0 aromatic heterocycles. The zero-order valence-electron chi connectivity index (χ0n) is 6.53. The predicted molar refractivity (Wildman–Crippen MR) is 37.4 cm³/mol. The molecule has 3 nitrogen and oxygen atoms in total. The van der Waals surface area contributed by atoms with Crippen LogP contribution in [0.4, 0.5) is 0 Å². The van der Waals surface area contributed by atoms with E-state index in [0.29, 0.717) is 6.61 Å². The number of rotatable bonds is 2. The molecule has 0 fully saturated rings. The Kier molecular flexibility index (Phi) is 10.2. The number of benzene rings is 1. The zero-order valence-corrected chi connectivity index (χ0v) is 8.53. The van der Waals surface area contributed by atoms with Gasteiger partial charge in [-0.1, -0.05) is 30.3 Å². The van der Waals surface area contributed by atoms with E-state index in [1.807, 2.05) is 30.3 Å². The molecule has 0 bridgehead atoms. The molecule has 1 aromatic carbocycles. The van der Waals surface area contributed by atoms with Crippen molar-refractivity contribution in [1.29, 1.82) is 0 Å². The van der Waals surface area contributed by atoms with Gasteiger partial charge in [-0.25, -0.2) is 5.90 Å². The fraction of sp³-hybridized carbons (Fsp3) is 0.143. The van der Waals surface area contributed by atoms with Crippen LogP contribution in [0.15, 0.2) is 30.3 Å². The molecule has 0 amide bonds. The van der Waals surface area contributed by atoms with Crippen LogP contribution >= 0.6 is 0 Å². The van der Waals surface area contributed by atoms with Crippen molar-refractivity contribution in [1.82, 2.24) is 0 Å². The summed E-state index contributed by atoms with van der Waals surface area (Å²) in [5.41, 5.74) is 1.10. The van der Waals surface area contributed by atoms with Gasteiger partial charge in [-0.2, -0.15) is 0 Å². The average Bonchev–Trinajstić information content (AvgIpc) is 1.91. The maximum Gasteiger partial charge on any atom is 1.00 e. The van der Waals surface area contributed by atoms with Crippen molar-refractivity contribution in [3.63, 3.8) is 0 Å². The van der Waals surface area contributed by atoms with E-state index in [4.69, 9.17) is 5.90 Å². The van der Waals surface area contributed by atoms with Gasteiger partial charge in [0, 0.05) is 0 Å². The summed E-state index contributed by atoms with van der Waals surface area (Å²) in [5, 5.41) is 0. The molecular weight excluding hydrogens is 153 g/mol. The van der Waals surface area contributed by atoms with Crippen LogP contribution in [-0.2, 0) is 11.4 Å². The Bertz CT molecular complexity index is 169. The summed E-state index contributed by atoms with van der Waals surface area (Å²) in [6, 6.07) is 9.79. The summed E-state index contributed by atoms with van der Waals surface area (Å²) >= 11 is 0. The Morgan fingerprint density at radius 1 is 1.18 bits per heavy atom. The van der Waals surface area contributed by atoms with Gasteiger partial charge in [0.2, 0.25) is 0 Å². The standard InChI is InChI=1S/C7H9NO.Na.H2O/c8-9-6-7-4-2-1-3-5-7;;/h1-5H,6,8H2;;1H2/q;+1;/p-1. The van der Waals surface area contributed by atoms with Crippen LogP contribution in [0.25, 0.3) is 0 Å². The molecule has 11 heavy (non-hydrogen) atoms. The summed E-state index contributed by atoms with van der Waals surface area (Å²) in [4.78, 5) is 4.43. The fourth-order valence-corrected chi connectivity index (χ4v) is 0.670. The van der Waals surface area contributed by atoms with E-state index in [1.54, 1.807) is 0 Å². The second-order valence-electron chi connectivity index (χ2n) is 1.80. The molecule has 0 atom stereocenters. The zero-order chi connectivity index (χ0) is 6.53. The molecule has 0 heterocycles. The van der Waals surface area contributed by atoms with Gasteiger partial charge in [0.05, 0.1) is 6.61 Å². The van der Waals surface area contributed by atoms with Gasteiger partial charge in [0.1, 0.15) is 0 Å². The first-order valence-corrected chi connectivity index (χ1v) is 2.79. The summed E-state index contributed by atoms with van der Waals surface area (Å²) in [7, 11) is 0. The molecule has 3 N–H and O–H groups in total. The Labute approximate surface area is 88.1 Å². The van der Waals surface area contributed by atoms with E-state index < -0.39 is 0 Å². The molecule has 1 aromatic rings. The molecule has 0 radical (unpaired) electrons. The van der Waals surface area contributed by atoms with Crippen molar-refractivity contribution in [3.05, 3.63) is 35.9 Å². The van der Waals surface area contributed by atoms with Gasteiger partial charge in [0.25, 0.3) is 0 Å². The molecule has 0 aliphatic heterocycles. The van der Waals surface area contributed by atoms with E-state index in [1.165, 1.54) is 0 Å². The van der Waals surface area contributed by atoms with Crippen LogP contribution in [0.3, 0.4) is 0 Å². The van der Waals surface area contributed by atoms with Gasteiger partial charge in [-0.15, -0.1) is 0 Å². The second kappa shape index (κ2) is 8.20. The van der Waals surface area contributed by atoms with Crippen molar-refractivity contribution in [2.45, 2.75) is 6.61 Å². The van der Waals surface area contributed by atoms with Crippen molar-refractivity contribution in [2.24, 2.45) is 5.90 Å². The van der Waals surface area contributed by atoms with E-state index in [-0.39, 0.29) is 35.0 Å². The predicted octanol–water partition coefficient (Wildman–Crippen LogP) is -2.10. The Morgan fingerprint density at radius 3 is 2.18 bits per heavy atom. The van der Waals surface area contributed by atoms with Crippen molar-refractivity contribution >= 4 is 0 Å². The first-order valence-electron chi connectivity index (χ1n) is 2.79. The molecule has 56 valence electrons. The minimum atomic E-state index is 0. The molecule has 4 heteroatoms. The van der Waals surface area contributed by atoms with Crippen LogP contribution in [0.5, 0.6) is 0 Å². The van der Waals surface area contributed by atoms with Gasteiger partial charge in [-0.3, -0.25) is 4.84 Å². The summed E-state index contributed by atoms with van der Waals surface area (Å²) in [6.07, 6.45) is 0. The molecular formula is C7H10NNaO2. The number of hydrogen-bond acceptors (Lipinski definition) is 3. The third-order valence-corrected chi connectivity index (χ3v) is 1.09. The average molecular weight is 163 g/mol. The fourth-order valence-electron chi connectivity index (χ4n) is 0.670. The van der Waals surface area contributed by atoms with Crippen LogP contribution in [0.1, 0.15) is 5.56 Å². The van der Waals surface area contributed by atoms with Gasteiger partial charge in [0.15, 0.2) is 0 Å². The third kappa shape index (κ3) is 5.38. The first-order chi connectivity index (χ1) is 4.43. The molecule has 1 rings (SSSR count). The molecule has 0 saturated carbocycles. The first kappa shape index (κ1) is 13.7. The summed E-state index contributed by atoms with van der Waals surface area (Å²) < 4.78 is 0. The summed E-state index contributed by atoms with van der Waals surface area (Å²) in [6.45, 7) is 0.487. The summed E-state index contributed by atoms with van der Waals surface area (Å²) in [5.74, 6) is 4.86. The van der Waals surface area contributed by atoms with Crippen molar-refractivity contribution in [3.8, 4) is 0 Å². The second-order valence-corrected chi connectivity index (χ2v) is 1.80. The van der Waals surface area contributed by atoms with E-state index >= 15 is 0 Å². The minimum Gasteiger partial charge on any atom is -0.870 e. The Balaban J connectivity index is 0. The van der Waals surface area contributed by atoms with E-state index in [9.17, 15) is 0 Å². The van der Waals surface area contributed by atoms with Gasteiger partial charge < -0.3 is 5.48 Å². The third-order valence-electron chi connectivity index (χ3n) is 1.09. The Hall–Kier alpha value is 0.1000. The maximum atomic E-state index is 4.86. The van der Waals surface area contributed by atoms with Crippen molar-refractivity contribution in [2.75, 3.05) is 0 Å². The molecule has 0 aliphatic carbocycles. The van der Waals surface area contributed by atoms with Gasteiger partial charge >= 0.3 is 29.6 Å². The van der Waals surface area contributed by atoms with Crippen LogP contribution in [0.2, 0.25) is 0 Å². The van der Waals surface area contributed by atoms with Crippen LogP contribution in [0, 0.1) is 0 Å². The topological polar surface area (TPSA) is 65.2 Å². The molecule has 0 unspecified atom stereocenters. The molecule has 0 aliphatic rings. The maximum absolute atomic E-state index is 4.86. The quantitative estimate of drug-likeness (QED) is 0.401. The number of hydrogen-bond donors (Lipinski definition) is 1. The number of nitrogens with two attached hydrogens (primary N) is 1. The smallest absolute Gasteiger partial charge is 0.870 e. The SMILES string of the molecule is NOCc1ccccc1.[Na+].[OH-]. The largest absolute Gasteiger partial charge is 1.00 e. The minimum absolute atomic E-state index is 0. The van der Waals surface area contributed by atoms with E-state index in [2.05, 4.69) is 4.84 Å². The van der Waals surface area contributed by atoms with Crippen LogP contribution < -0.4 is 35.5 Å². The normalized spacial score (nSPS) is 7.73. The monoisotopic (exact) mass is 163 g/mol. The Morgan fingerprint density at radius 2 is 1.73 bits per heavy atom.